The fourth-order valence-corrected chi connectivity index (χ4v) is 2.72. The first-order valence-electron chi connectivity index (χ1n) is 9.45. The molecule has 0 aromatic rings. The van der Waals surface area contributed by atoms with E-state index in [1.54, 1.807) is 0 Å². The average molecular weight is 343 g/mol. The third-order valence-electron chi connectivity index (χ3n) is 4.42. The molecule has 0 amide bonds. The van der Waals surface area contributed by atoms with Crippen LogP contribution < -0.4 is 0 Å². The Labute approximate surface area is 148 Å². The van der Waals surface area contributed by atoms with Crippen LogP contribution in [0.15, 0.2) is 0 Å². The van der Waals surface area contributed by atoms with Gasteiger partial charge in [-0.15, -0.1) is 0 Å². The van der Waals surface area contributed by atoms with Gasteiger partial charge in [-0.25, -0.2) is 0 Å². The predicted octanol–water partition coefficient (Wildman–Crippen LogP) is 5.00. The summed E-state index contributed by atoms with van der Waals surface area (Å²) in [6, 6.07) is 0. The maximum Gasteiger partial charge on any atom is 0.306 e. The van der Waals surface area contributed by atoms with Crippen LogP contribution in [0.25, 0.3) is 0 Å². The van der Waals surface area contributed by atoms with Crippen molar-refractivity contribution >= 4 is 11.9 Å². The summed E-state index contributed by atoms with van der Waals surface area (Å²) in [6.07, 6.45) is 3.22. The lowest BCUT2D eigenvalue weighted by Gasteiger charge is -2.33. The second-order valence-corrected chi connectivity index (χ2v) is 8.08. The van der Waals surface area contributed by atoms with Gasteiger partial charge in [0.1, 0.15) is 0 Å². The number of carbonyl (C=O) groups excluding carboxylic acids is 2. The van der Waals surface area contributed by atoms with Crippen molar-refractivity contribution in [3.8, 4) is 0 Å². The Kier molecular flexibility index (Phi) is 11.0. The van der Waals surface area contributed by atoms with Gasteiger partial charge in [0.15, 0.2) is 0 Å². The van der Waals surface area contributed by atoms with Gasteiger partial charge in [-0.3, -0.25) is 9.59 Å². The maximum absolute atomic E-state index is 12.3. The molecule has 4 heteroatoms. The molecule has 0 spiro atoms. The van der Waals surface area contributed by atoms with E-state index in [0.29, 0.717) is 31.0 Å². The maximum atomic E-state index is 12.3. The summed E-state index contributed by atoms with van der Waals surface area (Å²) in [7, 11) is 0. The lowest BCUT2D eigenvalue weighted by Crippen LogP contribution is -2.31. The molecule has 1 unspecified atom stereocenters. The van der Waals surface area contributed by atoms with E-state index in [2.05, 4.69) is 13.8 Å². The van der Waals surface area contributed by atoms with Gasteiger partial charge in [-0.2, -0.15) is 0 Å². The monoisotopic (exact) mass is 342 g/mol. The van der Waals surface area contributed by atoms with Crippen molar-refractivity contribution in [2.24, 2.45) is 23.2 Å². The van der Waals surface area contributed by atoms with Gasteiger partial charge in [0, 0.05) is 0 Å². The zero-order chi connectivity index (χ0) is 18.8. The Balaban J connectivity index is 4.97. The molecule has 0 rings (SSSR count). The van der Waals surface area contributed by atoms with E-state index in [-0.39, 0.29) is 30.2 Å². The Bertz CT molecular complexity index is 348. The first kappa shape index (κ1) is 22.9. The molecule has 0 aliphatic rings. The van der Waals surface area contributed by atoms with E-state index >= 15 is 0 Å². The fourth-order valence-electron chi connectivity index (χ4n) is 2.72. The van der Waals surface area contributed by atoms with Gasteiger partial charge in [0.05, 0.1) is 26.1 Å². The van der Waals surface area contributed by atoms with E-state index in [1.165, 1.54) is 0 Å². The van der Waals surface area contributed by atoms with Gasteiger partial charge in [-0.1, -0.05) is 54.9 Å². The van der Waals surface area contributed by atoms with Gasteiger partial charge in [-0.05, 0) is 36.0 Å². The minimum Gasteiger partial charge on any atom is -0.465 e. The summed E-state index contributed by atoms with van der Waals surface area (Å²) >= 11 is 0. The highest BCUT2D eigenvalue weighted by Gasteiger charge is 2.36. The molecule has 0 heterocycles. The van der Waals surface area contributed by atoms with Gasteiger partial charge >= 0.3 is 11.9 Å². The van der Waals surface area contributed by atoms with Crippen LogP contribution in [-0.2, 0) is 19.1 Å². The van der Waals surface area contributed by atoms with Crippen LogP contribution >= 0.6 is 0 Å². The van der Waals surface area contributed by atoms with Crippen LogP contribution in [0.5, 0.6) is 0 Å². The van der Waals surface area contributed by atoms with Crippen molar-refractivity contribution in [2.75, 3.05) is 13.2 Å². The highest BCUT2D eigenvalue weighted by Crippen LogP contribution is 2.39. The number of rotatable bonds is 12. The third-order valence-corrected chi connectivity index (χ3v) is 4.42. The van der Waals surface area contributed by atoms with Crippen molar-refractivity contribution in [3.63, 3.8) is 0 Å². The molecule has 4 nitrogen and oxygen atoms in total. The third kappa shape index (κ3) is 9.94. The lowest BCUT2D eigenvalue weighted by atomic mass is 9.72. The van der Waals surface area contributed by atoms with E-state index in [1.807, 2.05) is 34.6 Å². The van der Waals surface area contributed by atoms with Gasteiger partial charge in [0.2, 0.25) is 0 Å². The molecule has 0 aromatic carbocycles. The SMILES string of the molecule is CCC(C)CC(CC)(CC(=O)OCC(C)C)CC(=O)OCC(C)C. The molecule has 0 aliphatic carbocycles. The van der Waals surface area contributed by atoms with Crippen LogP contribution in [0, 0.1) is 23.2 Å². The molecule has 0 saturated heterocycles. The van der Waals surface area contributed by atoms with Crippen LogP contribution in [0.4, 0.5) is 0 Å². The number of carbonyl (C=O) groups is 2. The molecule has 0 aromatic heterocycles. The minimum absolute atomic E-state index is 0.203. The van der Waals surface area contributed by atoms with Crippen molar-refractivity contribution in [2.45, 2.75) is 80.6 Å². The normalized spacial score (nSPS) is 13.2. The molecule has 0 saturated carbocycles. The number of hydrogen-bond donors (Lipinski definition) is 0. The predicted molar refractivity (Wildman–Crippen MR) is 97.6 cm³/mol. The first-order chi connectivity index (χ1) is 11.1. The van der Waals surface area contributed by atoms with Crippen molar-refractivity contribution in [3.05, 3.63) is 0 Å². The smallest absolute Gasteiger partial charge is 0.306 e. The summed E-state index contributed by atoms with van der Waals surface area (Å²) in [5.41, 5.74) is -0.364. The summed E-state index contributed by atoms with van der Waals surface area (Å²) in [6.45, 7) is 15.3. The lowest BCUT2D eigenvalue weighted by molar-refractivity contribution is -0.152. The Hall–Kier alpha value is -1.06. The van der Waals surface area contributed by atoms with E-state index in [9.17, 15) is 9.59 Å². The van der Waals surface area contributed by atoms with Crippen LogP contribution in [0.1, 0.15) is 80.6 Å². The van der Waals surface area contributed by atoms with Crippen LogP contribution in [0.3, 0.4) is 0 Å². The average Bonchev–Trinajstić information content (AvgIpc) is 2.50. The second kappa shape index (κ2) is 11.5. The minimum atomic E-state index is -0.364. The summed E-state index contributed by atoms with van der Waals surface area (Å²) in [4.78, 5) is 24.5. The van der Waals surface area contributed by atoms with E-state index in [0.717, 1.165) is 19.3 Å². The molecule has 0 bridgehead atoms. The number of hydrogen-bond acceptors (Lipinski definition) is 4. The van der Waals surface area contributed by atoms with E-state index in [4.69, 9.17) is 9.47 Å². The Morgan fingerprint density at radius 2 is 1.25 bits per heavy atom. The van der Waals surface area contributed by atoms with Gasteiger partial charge < -0.3 is 9.47 Å². The van der Waals surface area contributed by atoms with E-state index < -0.39 is 0 Å². The summed E-state index contributed by atoms with van der Waals surface area (Å²) < 4.78 is 10.7. The molecule has 0 radical (unpaired) electrons. The molecular weight excluding hydrogens is 304 g/mol. The standard InChI is InChI=1S/C20H38O4/c1-8-17(7)10-20(9-2,11-18(21)23-13-15(3)4)12-19(22)24-14-16(5)6/h15-17H,8-14H2,1-7H3. The van der Waals surface area contributed by atoms with Crippen LogP contribution in [-0.4, -0.2) is 25.2 Å². The summed E-state index contributed by atoms with van der Waals surface area (Å²) in [5, 5.41) is 0. The first-order valence-corrected chi connectivity index (χ1v) is 9.45. The largest absolute Gasteiger partial charge is 0.465 e. The summed E-state index contributed by atoms with van der Waals surface area (Å²) in [5.74, 6) is 0.683. The van der Waals surface area contributed by atoms with Crippen molar-refractivity contribution in [1.82, 2.24) is 0 Å². The zero-order valence-corrected chi connectivity index (χ0v) is 16.8. The molecule has 24 heavy (non-hydrogen) atoms. The molecule has 0 aliphatic heterocycles. The zero-order valence-electron chi connectivity index (χ0n) is 16.8. The van der Waals surface area contributed by atoms with Crippen molar-refractivity contribution < 1.29 is 19.1 Å². The Morgan fingerprint density at radius 1 is 0.833 bits per heavy atom. The number of ether oxygens (including phenoxy) is 2. The van der Waals surface area contributed by atoms with Crippen molar-refractivity contribution in [1.29, 1.82) is 0 Å². The molecular formula is C20H38O4. The molecule has 142 valence electrons. The highest BCUT2D eigenvalue weighted by molar-refractivity contribution is 5.74. The van der Waals surface area contributed by atoms with Crippen LogP contribution in [0.2, 0.25) is 0 Å². The quantitative estimate of drug-likeness (QED) is 0.468. The number of esters is 2. The molecule has 0 fully saturated rings. The Morgan fingerprint density at radius 3 is 1.54 bits per heavy atom. The fraction of sp³-hybridized carbons (Fsp3) is 0.900. The van der Waals surface area contributed by atoms with Gasteiger partial charge in [0.25, 0.3) is 0 Å². The molecule has 1 atom stereocenters. The highest BCUT2D eigenvalue weighted by atomic mass is 16.5. The second-order valence-electron chi connectivity index (χ2n) is 8.08. The topological polar surface area (TPSA) is 52.6 Å². The molecule has 0 N–H and O–H groups in total.